The number of rotatable bonds is 5. The first-order valence-electron chi connectivity index (χ1n) is 7.54. The van der Waals surface area contributed by atoms with E-state index in [2.05, 4.69) is 50.0 Å². The number of carbonyl (C=O) groups is 1. The summed E-state index contributed by atoms with van der Waals surface area (Å²) < 4.78 is 0. The number of carbonyl (C=O) groups excluding carboxylic acids is 1. The van der Waals surface area contributed by atoms with Crippen molar-refractivity contribution in [3.05, 3.63) is 21.9 Å². The van der Waals surface area contributed by atoms with Gasteiger partial charge in [-0.25, -0.2) is 0 Å². The van der Waals surface area contributed by atoms with Crippen molar-refractivity contribution in [2.24, 2.45) is 5.92 Å². The van der Waals surface area contributed by atoms with Crippen LogP contribution in [0.2, 0.25) is 0 Å². The van der Waals surface area contributed by atoms with E-state index in [-0.39, 0.29) is 24.2 Å². The minimum Gasteiger partial charge on any atom is -0.318 e. The van der Waals surface area contributed by atoms with Crippen LogP contribution in [0, 0.1) is 12.8 Å². The summed E-state index contributed by atoms with van der Waals surface area (Å²) >= 11 is 1.78. The fraction of sp³-hybridized carbons (Fsp3) is 0.688. The number of amides is 1. The minimum absolute atomic E-state index is 0.0540. The van der Waals surface area contributed by atoms with Gasteiger partial charge in [0.1, 0.15) is 6.17 Å². The van der Waals surface area contributed by atoms with Gasteiger partial charge in [-0.2, -0.15) is 0 Å². The van der Waals surface area contributed by atoms with Crippen LogP contribution in [0.1, 0.15) is 56.5 Å². The summed E-state index contributed by atoms with van der Waals surface area (Å²) in [6.07, 6.45) is 2.28. The van der Waals surface area contributed by atoms with Crippen LogP contribution in [-0.2, 0) is 4.79 Å². The molecule has 1 aliphatic heterocycles. The van der Waals surface area contributed by atoms with Crippen LogP contribution >= 0.6 is 11.3 Å². The highest BCUT2D eigenvalue weighted by atomic mass is 32.1. The summed E-state index contributed by atoms with van der Waals surface area (Å²) in [6.45, 7) is 10.7. The van der Waals surface area contributed by atoms with Gasteiger partial charge < -0.3 is 4.90 Å². The zero-order valence-electron chi connectivity index (χ0n) is 13.1. The fourth-order valence-electron chi connectivity index (χ4n) is 2.74. The molecule has 1 amide bonds. The third-order valence-corrected chi connectivity index (χ3v) is 5.03. The first-order valence-corrected chi connectivity index (χ1v) is 8.36. The molecule has 2 rings (SSSR count). The second-order valence-corrected chi connectivity index (χ2v) is 7.62. The highest BCUT2D eigenvalue weighted by Gasteiger charge is 2.40. The smallest absolute Gasteiger partial charge is 0.241 e. The largest absolute Gasteiger partial charge is 0.318 e. The lowest BCUT2D eigenvalue weighted by molar-refractivity contribution is -0.131. The topological polar surface area (TPSA) is 32.3 Å². The molecule has 2 heterocycles. The summed E-state index contributed by atoms with van der Waals surface area (Å²) in [4.78, 5) is 17.0. The van der Waals surface area contributed by atoms with Gasteiger partial charge in [-0.05, 0) is 51.7 Å². The molecule has 1 aromatic heterocycles. The third kappa shape index (κ3) is 3.23. The van der Waals surface area contributed by atoms with E-state index in [1.807, 2.05) is 6.92 Å². The van der Waals surface area contributed by atoms with Gasteiger partial charge in [-0.3, -0.25) is 10.1 Å². The van der Waals surface area contributed by atoms with Gasteiger partial charge in [-0.15, -0.1) is 11.3 Å². The Morgan fingerprint density at radius 3 is 2.55 bits per heavy atom. The van der Waals surface area contributed by atoms with Crippen molar-refractivity contribution >= 4 is 17.2 Å². The Balaban J connectivity index is 2.15. The molecule has 1 fully saturated rings. The molecule has 0 saturated carbocycles. The molecule has 0 aliphatic carbocycles. The molecule has 4 heteroatoms. The number of hydrogen-bond acceptors (Lipinski definition) is 3. The molecule has 0 bridgehead atoms. The average Bonchev–Trinajstić information content (AvgIpc) is 2.92. The lowest BCUT2D eigenvalue weighted by Crippen LogP contribution is -2.38. The second-order valence-electron chi connectivity index (χ2n) is 6.31. The summed E-state index contributed by atoms with van der Waals surface area (Å²) in [5.74, 6) is 0.917. The zero-order valence-corrected chi connectivity index (χ0v) is 14.0. The van der Waals surface area contributed by atoms with Gasteiger partial charge in [0.2, 0.25) is 5.91 Å². The summed E-state index contributed by atoms with van der Waals surface area (Å²) in [7, 11) is 0. The van der Waals surface area contributed by atoms with Crippen molar-refractivity contribution in [2.45, 2.75) is 65.7 Å². The van der Waals surface area contributed by atoms with Crippen molar-refractivity contribution in [2.75, 3.05) is 0 Å². The van der Waals surface area contributed by atoms with E-state index in [1.165, 1.54) is 9.75 Å². The molecule has 0 spiro atoms. The fourth-order valence-corrected chi connectivity index (χ4v) is 3.68. The molecule has 3 nitrogen and oxygen atoms in total. The lowest BCUT2D eigenvalue weighted by atomic mass is 10.0. The highest BCUT2D eigenvalue weighted by Crippen LogP contribution is 2.33. The Hall–Kier alpha value is -0.870. The number of nitrogens with one attached hydrogen (secondary N) is 1. The van der Waals surface area contributed by atoms with E-state index < -0.39 is 0 Å². The van der Waals surface area contributed by atoms with E-state index in [1.54, 1.807) is 11.3 Å². The van der Waals surface area contributed by atoms with Crippen LogP contribution in [0.15, 0.2) is 12.1 Å². The first-order chi connectivity index (χ1) is 9.40. The average molecular weight is 294 g/mol. The standard InChI is InChI=1S/C16H26N2OS/c1-10(2)6-7-11(3)18-15(17-13(5)16(18)19)14-9-8-12(4)20-14/h8-11,13,15,17H,6-7H2,1-5H3. The van der Waals surface area contributed by atoms with Crippen molar-refractivity contribution in [3.63, 3.8) is 0 Å². The Morgan fingerprint density at radius 1 is 1.30 bits per heavy atom. The second kappa shape index (κ2) is 6.27. The molecule has 20 heavy (non-hydrogen) atoms. The van der Waals surface area contributed by atoms with Crippen molar-refractivity contribution < 1.29 is 4.79 Å². The molecule has 112 valence electrons. The van der Waals surface area contributed by atoms with Gasteiger partial charge in [0, 0.05) is 15.8 Å². The summed E-state index contributed by atoms with van der Waals surface area (Å²) in [5, 5.41) is 3.44. The predicted molar refractivity (Wildman–Crippen MR) is 84.8 cm³/mol. The number of nitrogens with zero attached hydrogens (tertiary/aromatic N) is 1. The molecule has 1 N–H and O–H groups in total. The Morgan fingerprint density at radius 2 is 2.00 bits per heavy atom. The normalized spacial score (nSPS) is 24.7. The molecular weight excluding hydrogens is 268 g/mol. The van der Waals surface area contributed by atoms with Crippen molar-refractivity contribution in [1.82, 2.24) is 10.2 Å². The molecule has 0 radical (unpaired) electrons. The van der Waals surface area contributed by atoms with E-state index in [0.29, 0.717) is 5.92 Å². The van der Waals surface area contributed by atoms with Crippen molar-refractivity contribution in [3.8, 4) is 0 Å². The van der Waals surface area contributed by atoms with E-state index in [0.717, 1.165) is 12.8 Å². The Kier molecular flexibility index (Phi) is 4.86. The van der Waals surface area contributed by atoms with Gasteiger partial charge >= 0.3 is 0 Å². The van der Waals surface area contributed by atoms with E-state index >= 15 is 0 Å². The van der Waals surface area contributed by atoms with Gasteiger partial charge in [-0.1, -0.05) is 13.8 Å². The molecule has 1 saturated heterocycles. The molecule has 3 atom stereocenters. The van der Waals surface area contributed by atoms with Gasteiger partial charge in [0.05, 0.1) is 6.04 Å². The SMILES string of the molecule is Cc1ccc(C2NC(C)C(=O)N2C(C)CCC(C)C)s1. The lowest BCUT2D eigenvalue weighted by Gasteiger charge is -2.30. The number of aryl methyl sites for hydroxylation is 1. The zero-order chi connectivity index (χ0) is 14.9. The minimum atomic E-state index is -0.0797. The maximum Gasteiger partial charge on any atom is 0.241 e. The van der Waals surface area contributed by atoms with Crippen LogP contribution in [0.5, 0.6) is 0 Å². The molecule has 3 unspecified atom stereocenters. The van der Waals surface area contributed by atoms with Gasteiger partial charge in [0.15, 0.2) is 0 Å². The van der Waals surface area contributed by atoms with Crippen LogP contribution in [-0.4, -0.2) is 22.9 Å². The van der Waals surface area contributed by atoms with E-state index in [9.17, 15) is 4.79 Å². The van der Waals surface area contributed by atoms with E-state index in [4.69, 9.17) is 0 Å². The Labute approximate surface area is 126 Å². The van der Waals surface area contributed by atoms with Gasteiger partial charge in [0.25, 0.3) is 0 Å². The number of hydrogen-bond donors (Lipinski definition) is 1. The molecule has 1 aromatic rings. The number of thiophene rings is 1. The third-order valence-electron chi connectivity index (χ3n) is 3.98. The predicted octanol–water partition coefficient (Wildman–Crippen LogP) is 3.70. The maximum absolute atomic E-state index is 12.5. The van der Waals surface area contributed by atoms with Crippen LogP contribution in [0.4, 0.5) is 0 Å². The molecular formula is C16H26N2OS. The van der Waals surface area contributed by atoms with Crippen LogP contribution in [0.3, 0.4) is 0 Å². The van der Waals surface area contributed by atoms with Crippen molar-refractivity contribution in [1.29, 1.82) is 0 Å². The van der Waals surface area contributed by atoms with Crippen LogP contribution < -0.4 is 5.32 Å². The monoisotopic (exact) mass is 294 g/mol. The maximum atomic E-state index is 12.5. The molecule has 0 aromatic carbocycles. The highest BCUT2D eigenvalue weighted by molar-refractivity contribution is 7.12. The summed E-state index contributed by atoms with van der Waals surface area (Å²) in [6, 6.07) is 4.48. The quantitative estimate of drug-likeness (QED) is 0.898. The first kappa shape index (κ1) is 15.5. The Bertz CT molecular complexity index is 469. The van der Waals surface area contributed by atoms with Crippen LogP contribution in [0.25, 0.3) is 0 Å². The molecule has 1 aliphatic rings. The summed E-state index contributed by atoms with van der Waals surface area (Å²) in [5.41, 5.74) is 0.